The Morgan fingerprint density at radius 3 is 2.12 bits per heavy atom. The average molecular weight is 365 g/mol. The molecule has 0 aliphatic carbocycles. The highest BCUT2D eigenvalue weighted by Gasteiger charge is 2.19. The van der Waals surface area contributed by atoms with E-state index >= 15 is 0 Å². The summed E-state index contributed by atoms with van der Waals surface area (Å²) in [4.78, 5) is 24.6. The number of ether oxygens (including phenoxy) is 1. The van der Waals surface area contributed by atoms with Gasteiger partial charge in [-0.2, -0.15) is 0 Å². The van der Waals surface area contributed by atoms with Crippen LogP contribution >= 0.6 is 23.2 Å². The zero-order chi connectivity index (χ0) is 18.0. The smallest absolute Gasteiger partial charge is 0.341 e. The minimum absolute atomic E-state index is 0.0709. The Morgan fingerprint density at radius 1 is 0.958 bits per heavy atom. The summed E-state index contributed by atoms with van der Waals surface area (Å²) in [6.45, 7) is 7.48. The van der Waals surface area contributed by atoms with Gasteiger partial charge in [-0.3, -0.25) is 4.79 Å². The molecule has 0 unspecified atom stereocenters. The van der Waals surface area contributed by atoms with E-state index in [1.54, 1.807) is 18.2 Å². The SMILES string of the molecule is Cc1cc(C(=O)COC(=O)c2c(Cl)cccc2Cl)c(C)c(C)c1C. The van der Waals surface area contributed by atoms with Gasteiger partial charge in [0, 0.05) is 5.56 Å². The molecule has 0 heterocycles. The molecule has 0 saturated carbocycles. The normalized spacial score (nSPS) is 10.6. The standard InChI is InChI=1S/C19H18Cl2O3/c1-10-8-14(13(4)12(3)11(10)2)17(22)9-24-19(23)18-15(20)6-5-7-16(18)21/h5-8H,9H2,1-4H3. The summed E-state index contributed by atoms with van der Waals surface area (Å²) in [5, 5.41) is 0.385. The van der Waals surface area contributed by atoms with Gasteiger partial charge in [0.1, 0.15) is 0 Å². The molecule has 2 aromatic carbocycles. The number of hydrogen-bond donors (Lipinski definition) is 0. The van der Waals surface area contributed by atoms with Crippen molar-refractivity contribution in [3.05, 3.63) is 67.7 Å². The van der Waals surface area contributed by atoms with Crippen molar-refractivity contribution in [1.29, 1.82) is 0 Å². The number of carbonyl (C=O) groups excluding carboxylic acids is 2. The summed E-state index contributed by atoms with van der Waals surface area (Å²) in [6.07, 6.45) is 0. The van der Waals surface area contributed by atoms with Gasteiger partial charge in [0.2, 0.25) is 5.78 Å². The Kier molecular flexibility index (Phi) is 5.68. The highest BCUT2D eigenvalue weighted by atomic mass is 35.5. The molecule has 0 atom stereocenters. The summed E-state index contributed by atoms with van der Waals surface area (Å²) in [5.74, 6) is -0.965. The van der Waals surface area contributed by atoms with Crippen LogP contribution in [0, 0.1) is 27.7 Å². The largest absolute Gasteiger partial charge is 0.454 e. The van der Waals surface area contributed by atoms with Crippen molar-refractivity contribution in [1.82, 2.24) is 0 Å². The van der Waals surface area contributed by atoms with Gasteiger partial charge >= 0.3 is 5.97 Å². The lowest BCUT2D eigenvalue weighted by Crippen LogP contribution is -2.16. The van der Waals surface area contributed by atoms with Crippen molar-refractivity contribution in [2.45, 2.75) is 27.7 Å². The van der Waals surface area contributed by atoms with E-state index in [2.05, 4.69) is 0 Å². The first-order valence-electron chi connectivity index (χ1n) is 7.45. The van der Waals surface area contributed by atoms with Gasteiger partial charge in [-0.15, -0.1) is 0 Å². The van der Waals surface area contributed by atoms with E-state index in [1.807, 2.05) is 33.8 Å². The molecule has 0 saturated heterocycles. The lowest BCUT2D eigenvalue weighted by Gasteiger charge is -2.14. The van der Waals surface area contributed by atoms with Gasteiger partial charge < -0.3 is 4.74 Å². The third-order valence-electron chi connectivity index (χ3n) is 4.28. The maximum Gasteiger partial charge on any atom is 0.341 e. The van der Waals surface area contributed by atoms with Crippen LogP contribution in [0.1, 0.15) is 43.0 Å². The Morgan fingerprint density at radius 2 is 1.54 bits per heavy atom. The highest BCUT2D eigenvalue weighted by Crippen LogP contribution is 2.25. The van der Waals surface area contributed by atoms with Gasteiger partial charge in [0.15, 0.2) is 6.61 Å². The Bertz CT molecular complexity index is 806. The molecule has 0 amide bonds. The number of esters is 1. The maximum atomic E-state index is 12.4. The summed E-state index contributed by atoms with van der Waals surface area (Å²) >= 11 is 11.9. The number of halogens is 2. The number of carbonyl (C=O) groups is 2. The summed E-state index contributed by atoms with van der Waals surface area (Å²) in [6, 6.07) is 6.55. The monoisotopic (exact) mass is 364 g/mol. The van der Waals surface area contributed by atoms with E-state index < -0.39 is 5.97 Å². The number of ketones is 1. The molecule has 0 aliphatic heterocycles. The van der Waals surface area contributed by atoms with Crippen LogP contribution in [-0.2, 0) is 4.74 Å². The number of benzene rings is 2. The molecule has 2 rings (SSSR count). The lowest BCUT2D eigenvalue weighted by atomic mass is 9.93. The van der Waals surface area contributed by atoms with Crippen molar-refractivity contribution in [2.75, 3.05) is 6.61 Å². The van der Waals surface area contributed by atoms with Crippen molar-refractivity contribution in [3.8, 4) is 0 Å². The molecule has 0 spiro atoms. The van der Waals surface area contributed by atoms with E-state index in [0.29, 0.717) is 5.56 Å². The molecule has 2 aromatic rings. The Labute approximate surface area is 151 Å². The Balaban J connectivity index is 2.19. The van der Waals surface area contributed by atoms with Crippen LogP contribution in [0.4, 0.5) is 0 Å². The van der Waals surface area contributed by atoms with Crippen molar-refractivity contribution < 1.29 is 14.3 Å². The topological polar surface area (TPSA) is 43.4 Å². The predicted molar refractivity (Wildman–Crippen MR) is 96.5 cm³/mol. The molecule has 5 heteroatoms. The molecular weight excluding hydrogens is 347 g/mol. The van der Waals surface area contributed by atoms with Crippen LogP contribution in [-0.4, -0.2) is 18.4 Å². The quantitative estimate of drug-likeness (QED) is 0.548. The van der Waals surface area contributed by atoms with Crippen LogP contribution in [0.15, 0.2) is 24.3 Å². The second kappa shape index (κ2) is 7.37. The molecule has 0 N–H and O–H groups in total. The minimum atomic E-state index is -0.711. The van der Waals surface area contributed by atoms with Gasteiger partial charge in [-0.25, -0.2) is 4.79 Å². The third-order valence-corrected chi connectivity index (χ3v) is 4.91. The summed E-state index contributed by atoms with van der Waals surface area (Å²) in [7, 11) is 0. The first kappa shape index (κ1) is 18.5. The van der Waals surface area contributed by atoms with Crippen molar-refractivity contribution in [2.24, 2.45) is 0 Å². The van der Waals surface area contributed by atoms with Crippen LogP contribution < -0.4 is 0 Å². The molecular formula is C19H18Cl2O3. The minimum Gasteiger partial charge on any atom is -0.454 e. The zero-order valence-electron chi connectivity index (χ0n) is 14.0. The predicted octanol–water partition coefficient (Wildman–Crippen LogP) is 5.27. The summed E-state index contributed by atoms with van der Waals surface area (Å²) < 4.78 is 5.11. The van der Waals surface area contributed by atoms with Crippen LogP contribution in [0.3, 0.4) is 0 Å². The van der Waals surface area contributed by atoms with Gasteiger partial charge in [0.05, 0.1) is 15.6 Å². The van der Waals surface area contributed by atoms with Gasteiger partial charge in [-0.1, -0.05) is 29.3 Å². The molecule has 0 radical (unpaired) electrons. The zero-order valence-corrected chi connectivity index (χ0v) is 15.5. The summed E-state index contributed by atoms with van der Waals surface area (Å²) in [5.41, 5.74) is 4.79. The van der Waals surface area contributed by atoms with E-state index in [0.717, 1.165) is 22.3 Å². The fourth-order valence-electron chi connectivity index (χ4n) is 2.48. The number of Topliss-reactive ketones (excluding diaryl/α,β-unsaturated/α-hetero) is 1. The molecule has 0 fully saturated rings. The fourth-order valence-corrected chi connectivity index (χ4v) is 3.03. The van der Waals surface area contributed by atoms with E-state index in [1.165, 1.54) is 0 Å². The first-order chi connectivity index (χ1) is 11.2. The second-order valence-electron chi connectivity index (χ2n) is 5.71. The second-order valence-corrected chi connectivity index (χ2v) is 6.53. The third kappa shape index (κ3) is 3.63. The average Bonchev–Trinajstić information content (AvgIpc) is 2.53. The van der Waals surface area contributed by atoms with Crippen molar-refractivity contribution in [3.63, 3.8) is 0 Å². The molecule has 0 aliphatic rings. The number of hydrogen-bond acceptors (Lipinski definition) is 3. The van der Waals surface area contributed by atoms with E-state index in [9.17, 15) is 9.59 Å². The number of rotatable bonds is 4. The van der Waals surface area contributed by atoms with E-state index in [4.69, 9.17) is 27.9 Å². The molecule has 24 heavy (non-hydrogen) atoms. The van der Waals surface area contributed by atoms with Gasteiger partial charge in [-0.05, 0) is 68.1 Å². The first-order valence-corrected chi connectivity index (χ1v) is 8.21. The molecule has 3 nitrogen and oxygen atoms in total. The number of aryl methyl sites for hydroxylation is 1. The molecule has 0 aromatic heterocycles. The van der Waals surface area contributed by atoms with Crippen LogP contribution in [0.25, 0.3) is 0 Å². The van der Waals surface area contributed by atoms with Gasteiger partial charge in [0.25, 0.3) is 0 Å². The lowest BCUT2D eigenvalue weighted by molar-refractivity contribution is 0.0475. The Hall–Kier alpha value is -1.84. The van der Waals surface area contributed by atoms with E-state index in [-0.39, 0.29) is 28.0 Å². The van der Waals surface area contributed by atoms with Crippen LogP contribution in [0.2, 0.25) is 10.0 Å². The maximum absolute atomic E-state index is 12.4. The molecule has 0 bridgehead atoms. The fraction of sp³-hybridized carbons (Fsp3) is 0.263. The van der Waals surface area contributed by atoms with Crippen molar-refractivity contribution >= 4 is 35.0 Å². The molecule has 126 valence electrons. The van der Waals surface area contributed by atoms with Crippen LogP contribution in [0.5, 0.6) is 0 Å². The highest BCUT2D eigenvalue weighted by molar-refractivity contribution is 6.39.